The van der Waals surface area contributed by atoms with Crippen LogP contribution >= 0.6 is 0 Å². The van der Waals surface area contributed by atoms with E-state index in [0.717, 1.165) is 12.1 Å². The van der Waals surface area contributed by atoms with E-state index in [1.54, 1.807) is 6.92 Å². The van der Waals surface area contributed by atoms with Crippen molar-refractivity contribution in [1.29, 1.82) is 0 Å². The molecule has 2 rings (SSSR count). The number of aromatic nitrogens is 3. The normalized spacial score (nSPS) is 12.4. The number of aromatic amines is 1. The zero-order valence-electron chi connectivity index (χ0n) is 13.2. The van der Waals surface area contributed by atoms with Crippen LogP contribution in [0.4, 0.5) is 10.5 Å². The number of nitro benzene ring substituents is 1. The van der Waals surface area contributed by atoms with Crippen molar-refractivity contribution in [1.82, 2.24) is 25.8 Å². The highest BCUT2D eigenvalue weighted by Gasteiger charge is 2.17. The van der Waals surface area contributed by atoms with Crippen molar-refractivity contribution < 1.29 is 18.1 Å². The SMILES string of the molecule is CC(NC(=O)NCCS(=O)(=O)c1ccc([N+](=O)[O-])cc1)c1ncn[nH]1. The van der Waals surface area contributed by atoms with Gasteiger partial charge in [0, 0.05) is 18.7 Å². The summed E-state index contributed by atoms with van der Waals surface area (Å²) in [5.74, 6) is 0.128. The number of carbonyl (C=O) groups excluding carboxylic acids is 1. The van der Waals surface area contributed by atoms with Gasteiger partial charge in [-0.15, -0.1) is 0 Å². The van der Waals surface area contributed by atoms with Gasteiger partial charge in [-0.25, -0.2) is 18.2 Å². The Kier molecular flexibility index (Phi) is 5.64. The predicted octanol–water partition coefficient (Wildman–Crippen LogP) is 0.547. The molecule has 2 aromatic rings. The largest absolute Gasteiger partial charge is 0.337 e. The Balaban J connectivity index is 1.85. The summed E-state index contributed by atoms with van der Waals surface area (Å²) in [6, 6.07) is 3.59. The van der Waals surface area contributed by atoms with E-state index in [4.69, 9.17) is 0 Å². The third kappa shape index (κ3) is 4.97. The van der Waals surface area contributed by atoms with Gasteiger partial charge in [0.05, 0.1) is 21.6 Å². The molecule has 12 heteroatoms. The lowest BCUT2D eigenvalue weighted by atomic mass is 10.3. The first-order valence-electron chi connectivity index (χ1n) is 7.16. The number of nitrogens with zero attached hydrogens (tertiary/aromatic N) is 3. The van der Waals surface area contributed by atoms with Gasteiger partial charge in [0.1, 0.15) is 12.2 Å². The highest BCUT2D eigenvalue weighted by atomic mass is 32.2. The molecule has 0 aliphatic heterocycles. The van der Waals surface area contributed by atoms with Crippen molar-refractivity contribution in [3.8, 4) is 0 Å². The Morgan fingerprint density at radius 1 is 1.36 bits per heavy atom. The summed E-state index contributed by atoms with van der Waals surface area (Å²) in [7, 11) is -3.66. The van der Waals surface area contributed by atoms with Gasteiger partial charge in [-0.05, 0) is 19.1 Å². The Morgan fingerprint density at radius 2 is 2.04 bits per heavy atom. The average molecular weight is 368 g/mol. The first-order chi connectivity index (χ1) is 11.8. The molecule has 0 spiro atoms. The molecule has 3 N–H and O–H groups in total. The van der Waals surface area contributed by atoms with Gasteiger partial charge in [-0.2, -0.15) is 5.10 Å². The van der Waals surface area contributed by atoms with Crippen LogP contribution in [0.25, 0.3) is 0 Å². The fraction of sp³-hybridized carbons (Fsp3) is 0.308. The number of carbonyl (C=O) groups is 1. The predicted molar refractivity (Wildman–Crippen MR) is 86.5 cm³/mol. The van der Waals surface area contributed by atoms with Gasteiger partial charge in [0.15, 0.2) is 9.84 Å². The summed E-state index contributed by atoms with van der Waals surface area (Å²) < 4.78 is 24.3. The zero-order chi connectivity index (χ0) is 18.4. The third-order valence-corrected chi connectivity index (χ3v) is 4.99. The van der Waals surface area contributed by atoms with Gasteiger partial charge >= 0.3 is 6.03 Å². The molecule has 1 heterocycles. The number of nitro groups is 1. The highest BCUT2D eigenvalue weighted by Crippen LogP contribution is 2.16. The van der Waals surface area contributed by atoms with Crippen LogP contribution < -0.4 is 10.6 Å². The molecule has 0 fully saturated rings. The number of amides is 2. The first kappa shape index (κ1) is 18.3. The number of rotatable bonds is 7. The van der Waals surface area contributed by atoms with E-state index in [1.165, 1.54) is 18.5 Å². The summed E-state index contributed by atoms with van der Waals surface area (Å²) in [5.41, 5.74) is -0.196. The summed E-state index contributed by atoms with van der Waals surface area (Å²) in [6.45, 7) is 1.57. The number of hydrogen-bond donors (Lipinski definition) is 3. The Morgan fingerprint density at radius 3 is 2.60 bits per heavy atom. The second-order valence-electron chi connectivity index (χ2n) is 5.06. The second-order valence-corrected chi connectivity index (χ2v) is 7.17. The Hall–Kier alpha value is -3.02. The minimum atomic E-state index is -3.66. The number of nitrogens with one attached hydrogen (secondary N) is 3. The van der Waals surface area contributed by atoms with Crippen LogP contribution in [0.15, 0.2) is 35.5 Å². The van der Waals surface area contributed by atoms with Crippen molar-refractivity contribution in [2.45, 2.75) is 17.9 Å². The van der Waals surface area contributed by atoms with Crippen LogP contribution in [0, 0.1) is 10.1 Å². The zero-order valence-corrected chi connectivity index (χ0v) is 14.0. The number of benzene rings is 1. The lowest BCUT2D eigenvalue weighted by Gasteiger charge is -2.12. The summed E-state index contributed by atoms with van der Waals surface area (Å²) >= 11 is 0. The molecule has 1 aromatic heterocycles. The first-order valence-corrected chi connectivity index (χ1v) is 8.81. The fourth-order valence-corrected chi connectivity index (χ4v) is 3.09. The molecule has 1 aromatic carbocycles. The Labute approximate surface area is 142 Å². The number of hydrogen-bond acceptors (Lipinski definition) is 7. The molecule has 134 valence electrons. The van der Waals surface area contributed by atoms with Crippen molar-refractivity contribution >= 4 is 21.6 Å². The van der Waals surface area contributed by atoms with Gasteiger partial charge < -0.3 is 10.6 Å². The van der Waals surface area contributed by atoms with E-state index in [-0.39, 0.29) is 22.9 Å². The maximum atomic E-state index is 12.1. The molecule has 0 radical (unpaired) electrons. The van der Waals surface area contributed by atoms with E-state index in [0.29, 0.717) is 5.82 Å². The molecule has 0 saturated heterocycles. The summed E-state index contributed by atoms with van der Waals surface area (Å²) in [4.78, 5) is 25.5. The maximum absolute atomic E-state index is 12.1. The van der Waals surface area contributed by atoms with E-state index in [9.17, 15) is 23.3 Å². The smallest absolute Gasteiger partial charge is 0.315 e. The fourth-order valence-electron chi connectivity index (χ4n) is 1.93. The van der Waals surface area contributed by atoms with Gasteiger partial charge in [0.2, 0.25) is 0 Å². The highest BCUT2D eigenvalue weighted by molar-refractivity contribution is 7.91. The molecular weight excluding hydrogens is 352 g/mol. The molecule has 1 unspecified atom stereocenters. The minimum Gasteiger partial charge on any atom is -0.337 e. The Bertz CT molecular complexity index is 834. The van der Waals surface area contributed by atoms with Crippen LogP contribution in [0.2, 0.25) is 0 Å². The van der Waals surface area contributed by atoms with Crippen molar-refractivity contribution in [2.75, 3.05) is 12.3 Å². The molecule has 1 atom stereocenters. The van der Waals surface area contributed by atoms with Gasteiger partial charge in [0.25, 0.3) is 5.69 Å². The molecule has 2 amide bonds. The van der Waals surface area contributed by atoms with Gasteiger partial charge in [-0.1, -0.05) is 0 Å². The number of H-pyrrole nitrogens is 1. The quantitative estimate of drug-likeness (QED) is 0.475. The number of non-ortho nitro benzene ring substituents is 1. The lowest BCUT2D eigenvalue weighted by Crippen LogP contribution is -2.39. The van der Waals surface area contributed by atoms with Crippen LogP contribution in [-0.2, 0) is 9.84 Å². The average Bonchev–Trinajstić information content (AvgIpc) is 3.09. The summed E-state index contributed by atoms with van der Waals surface area (Å²) in [6.07, 6.45) is 1.31. The molecule has 0 bridgehead atoms. The number of sulfone groups is 1. The molecule has 0 aliphatic carbocycles. The molecule has 11 nitrogen and oxygen atoms in total. The van der Waals surface area contributed by atoms with Crippen LogP contribution in [0.1, 0.15) is 18.8 Å². The monoisotopic (exact) mass is 368 g/mol. The van der Waals surface area contributed by atoms with Crippen molar-refractivity contribution in [3.63, 3.8) is 0 Å². The van der Waals surface area contributed by atoms with Crippen LogP contribution in [0.5, 0.6) is 0 Å². The van der Waals surface area contributed by atoms with E-state index < -0.39 is 26.8 Å². The van der Waals surface area contributed by atoms with Crippen molar-refractivity contribution in [3.05, 3.63) is 46.5 Å². The van der Waals surface area contributed by atoms with Gasteiger partial charge in [-0.3, -0.25) is 15.2 Å². The van der Waals surface area contributed by atoms with Crippen LogP contribution in [-0.4, -0.2) is 46.9 Å². The standard InChI is InChI=1S/C13H16N6O5S/c1-9(12-15-8-16-18-12)17-13(20)14-6-7-25(23,24)11-4-2-10(3-5-11)19(21)22/h2-5,8-9H,6-7H2,1H3,(H2,14,17,20)(H,15,16,18). The number of urea groups is 1. The minimum absolute atomic E-state index is 0.0460. The van der Waals surface area contributed by atoms with E-state index >= 15 is 0 Å². The molecular formula is C13H16N6O5S. The molecule has 0 aliphatic rings. The summed E-state index contributed by atoms with van der Waals surface area (Å²) in [5, 5.41) is 21.9. The lowest BCUT2D eigenvalue weighted by molar-refractivity contribution is -0.384. The van der Waals surface area contributed by atoms with E-state index in [2.05, 4.69) is 25.8 Å². The topological polar surface area (TPSA) is 160 Å². The third-order valence-electron chi connectivity index (χ3n) is 3.25. The van der Waals surface area contributed by atoms with E-state index in [1.807, 2.05) is 0 Å². The second kappa shape index (κ2) is 7.70. The maximum Gasteiger partial charge on any atom is 0.315 e. The van der Waals surface area contributed by atoms with Crippen LogP contribution in [0.3, 0.4) is 0 Å². The molecule has 25 heavy (non-hydrogen) atoms. The molecule has 0 saturated carbocycles. The van der Waals surface area contributed by atoms with Crippen molar-refractivity contribution in [2.24, 2.45) is 0 Å².